The zero-order chi connectivity index (χ0) is 13.1. The molecule has 0 spiro atoms. The first-order chi connectivity index (χ1) is 7.84. The maximum Gasteiger partial charge on any atom is 0.0660 e. The molecule has 0 amide bonds. The third kappa shape index (κ3) is 3.43. The van der Waals surface area contributed by atoms with E-state index in [-0.39, 0.29) is 23.0 Å². The lowest BCUT2D eigenvalue weighted by molar-refractivity contribution is -0.103. The quantitative estimate of drug-likeness (QED) is 0.779. The van der Waals surface area contributed by atoms with Gasteiger partial charge in [-0.05, 0) is 38.5 Å². The fraction of sp³-hybridized carbons (Fsp3) is 1.00. The van der Waals surface area contributed by atoms with E-state index < -0.39 is 0 Å². The summed E-state index contributed by atoms with van der Waals surface area (Å²) in [6, 6.07) is 0. The molecule has 0 aromatic heterocycles. The lowest BCUT2D eigenvalue weighted by Crippen LogP contribution is -2.52. The number of aliphatic hydroxyl groups excluding tert-OH is 1. The summed E-state index contributed by atoms with van der Waals surface area (Å²) < 4.78 is 5.62. The van der Waals surface area contributed by atoms with Gasteiger partial charge >= 0.3 is 0 Å². The normalized spacial score (nSPS) is 33.0. The van der Waals surface area contributed by atoms with Crippen LogP contribution in [0.1, 0.15) is 53.4 Å². The van der Waals surface area contributed by atoms with Gasteiger partial charge in [0.05, 0.1) is 12.2 Å². The average molecular weight is 243 g/mol. The molecule has 102 valence electrons. The van der Waals surface area contributed by atoms with Crippen LogP contribution in [0.3, 0.4) is 0 Å². The molecule has 3 nitrogen and oxygen atoms in total. The molecule has 0 aromatic rings. The molecule has 3 heteroatoms. The number of nitrogens with two attached hydrogens (primary N) is 1. The van der Waals surface area contributed by atoms with Gasteiger partial charge in [0.1, 0.15) is 0 Å². The summed E-state index contributed by atoms with van der Waals surface area (Å²) in [4.78, 5) is 0. The first-order valence-electron chi connectivity index (χ1n) is 6.84. The molecule has 0 aliphatic heterocycles. The fourth-order valence-corrected chi connectivity index (χ4v) is 3.07. The number of hydrogen-bond acceptors (Lipinski definition) is 3. The predicted octanol–water partition coefficient (Wildman–Crippen LogP) is 2.32. The van der Waals surface area contributed by atoms with Crippen molar-refractivity contribution in [3.8, 4) is 0 Å². The zero-order valence-electron chi connectivity index (χ0n) is 11.8. The van der Waals surface area contributed by atoms with E-state index in [1.807, 2.05) is 13.8 Å². The molecule has 1 aliphatic rings. The second kappa shape index (κ2) is 5.68. The van der Waals surface area contributed by atoms with Gasteiger partial charge in [-0.1, -0.05) is 20.3 Å². The fourth-order valence-electron chi connectivity index (χ4n) is 3.07. The molecule has 0 heterocycles. The van der Waals surface area contributed by atoms with Crippen molar-refractivity contribution in [2.75, 3.05) is 13.2 Å². The van der Waals surface area contributed by atoms with Crippen LogP contribution in [0.4, 0.5) is 0 Å². The van der Waals surface area contributed by atoms with E-state index in [9.17, 15) is 5.11 Å². The van der Waals surface area contributed by atoms with Crippen molar-refractivity contribution >= 4 is 0 Å². The van der Waals surface area contributed by atoms with E-state index in [0.717, 1.165) is 25.7 Å². The number of aliphatic hydroxyl groups is 1. The maximum atomic E-state index is 10.6. The van der Waals surface area contributed by atoms with Crippen LogP contribution in [-0.4, -0.2) is 30.5 Å². The number of rotatable bonds is 5. The summed E-state index contributed by atoms with van der Waals surface area (Å²) in [5.74, 6) is 0. The Hall–Kier alpha value is -0.120. The highest BCUT2D eigenvalue weighted by molar-refractivity contribution is 4.98. The first-order valence-corrected chi connectivity index (χ1v) is 6.84. The molecule has 1 aliphatic carbocycles. The van der Waals surface area contributed by atoms with Gasteiger partial charge in [0.2, 0.25) is 0 Å². The minimum Gasteiger partial charge on any atom is -0.392 e. The summed E-state index contributed by atoms with van der Waals surface area (Å²) in [6.07, 6.45) is 4.06. The van der Waals surface area contributed by atoms with Gasteiger partial charge in [-0.15, -0.1) is 0 Å². The summed E-state index contributed by atoms with van der Waals surface area (Å²) >= 11 is 0. The number of hydrogen-bond donors (Lipinski definition) is 2. The van der Waals surface area contributed by atoms with E-state index >= 15 is 0 Å². The molecule has 0 saturated heterocycles. The van der Waals surface area contributed by atoms with Crippen LogP contribution >= 0.6 is 0 Å². The second-order valence-electron chi connectivity index (χ2n) is 6.48. The van der Waals surface area contributed by atoms with Gasteiger partial charge in [0.15, 0.2) is 0 Å². The maximum absolute atomic E-state index is 10.6. The monoisotopic (exact) mass is 243 g/mol. The van der Waals surface area contributed by atoms with E-state index in [0.29, 0.717) is 13.2 Å². The summed E-state index contributed by atoms with van der Waals surface area (Å²) in [7, 11) is 0. The van der Waals surface area contributed by atoms with E-state index in [1.54, 1.807) is 0 Å². The summed E-state index contributed by atoms with van der Waals surface area (Å²) in [5.41, 5.74) is 5.79. The van der Waals surface area contributed by atoms with Crippen LogP contribution in [0, 0.1) is 10.8 Å². The molecule has 1 rings (SSSR count). The average Bonchev–Trinajstić information content (AvgIpc) is 2.24. The van der Waals surface area contributed by atoms with Gasteiger partial charge < -0.3 is 15.6 Å². The van der Waals surface area contributed by atoms with Gasteiger partial charge in [0.25, 0.3) is 0 Å². The molecule has 1 fully saturated rings. The zero-order valence-corrected chi connectivity index (χ0v) is 11.8. The summed E-state index contributed by atoms with van der Waals surface area (Å²) in [6.45, 7) is 9.61. The molecule has 0 bridgehead atoms. The summed E-state index contributed by atoms with van der Waals surface area (Å²) in [5, 5.41) is 10.6. The van der Waals surface area contributed by atoms with Gasteiger partial charge in [-0.2, -0.15) is 0 Å². The van der Waals surface area contributed by atoms with Crippen molar-refractivity contribution in [2.24, 2.45) is 16.6 Å². The van der Waals surface area contributed by atoms with Crippen molar-refractivity contribution in [3.05, 3.63) is 0 Å². The lowest BCUT2D eigenvalue weighted by atomic mass is 9.60. The van der Waals surface area contributed by atoms with Crippen LogP contribution in [0.25, 0.3) is 0 Å². The molecule has 17 heavy (non-hydrogen) atoms. The van der Waals surface area contributed by atoms with Crippen molar-refractivity contribution < 1.29 is 9.84 Å². The minimum absolute atomic E-state index is 0.0184. The van der Waals surface area contributed by atoms with Crippen molar-refractivity contribution in [2.45, 2.75) is 65.6 Å². The van der Waals surface area contributed by atoms with E-state index in [1.165, 1.54) is 0 Å². The van der Waals surface area contributed by atoms with Crippen LogP contribution in [0.2, 0.25) is 0 Å². The molecule has 1 saturated carbocycles. The smallest absolute Gasteiger partial charge is 0.0660 e. The van der Waals surface area contributed by atoms with Gasteiger partial charge in [-0.3, -0.25) is 0 Å². The Balaban J connectivity index is 2.66. The van der Waals surface area contributed by atoms with E-state index in [2.05, 4.69) is 13.8 Å². The third-order valence-electron chi connectivity index (χ3n) is 4.27. The standard InChI is InChI=1S/C14H29NO2/c1-11(2)17-9-8-14(10-15)7-5-6-13(3,4)12(14)16/h11-12,16H,5-10,15H2,1-4H3. The first kappa shape index (κ1) is 14.9. The highest BCUT2D eigenvalue weighted by atomic mass is 16.5. The molecular weight excluding hydrogens is 214 g/mol. The van der Waals surface area contributed by atoms with Crippen LogP contribution < -0.4 is 5.73 Å². The van der Waals surface area contributed by atoms with Crippen molar-refractivity contribution in [1.29, 1.82) is 0 Å². The second-order valence-corrected chi connectivity index (χ2v) is 6.48. The lowest BCUT2D eigenvalue weighted by Gasteiger charge is -2.49. The topological polar surface area (TPSA) is 55.5 Å². The Morgan fingerprint density at radius 2 is 2.00 bits per heavy atom. The largest absolute Gasteiger partial charge is 0.392 e. The van der Waals surface area contributed by atoms with Crippen LogP contribution in [0.15, 0.2) is 0 Å². The highest BCUT2D eigenvalue weighted by Gasteiger charge is 2.47. The molecule has 3 N–H and O–H groups in total. The Bertz CT molecular complexity index is 240. The Morgan fingerprint density at radius 3 is 2.53 bits per heavy atom. The predicted molar refractivity (Wildman–Crippen MR) is 70.8 cm³/mol. The molecule has 0 aromatic carbocycles. The third-order valence-corrected chi connectivity index (χ3v) is 4.27. The van der Waals surface area contributed by atoms with E-state index in [4.69, 9.17) is 10.5 Å². The Kier molecular flexibility index (Phi) is 4.99. The van der Waals surface area contributed by atoms with Gasteiger partial charge in [-0.25, -0.2) is 0 Å². The Morgan fingerprint density at radius 1 is 1.35 bits per heavy atom. The molecule has 2 unspecified atom stereocenters. The van der Waals surface area contributed by atoms with Crippen LogP contribution in [-0.2, 0) is 4.74 Å². The molecule has 0 radical (unpaired) electrons. The van der Waals surface area contributed by atoms with Crippen LogP contribution in [0.5, 0.6) is 0 Å². The highest BCUT2D eigenvalue weighted by Crippen LogP contribution is 2.47. The van der Waals surface area contributed by atoms with Gasteiger partial charge in [0, 0.05) is 18.6 Å². The SMILES string of the molecule is CC(C)OCCC1(CN)CCCC(C)(C)C1O. The Labute approximate surface area is 106 Å². The molecule has 2 atom stereocenters. The number of ether oxygens (including phenoxy) is 1. The molecular formula is C14H29NO2. The van der Waals surface area contributed by atoms with Crippen molar-refractivity contribution in [3.63, 3.8) is 0 Å². The van der Waals surface area contributed by atoms with Crippen molar-refractivity contribution in [1.82, 2.24) is 0 Å². The minimum atomic E-state index is -0.315.